The Balaban J connectivity index is 2.07. The maximum atomic E-state index is 5.93. The summed E-state index contributed by atoms with van der Waals surface area (Å²) >= 11 is 0. The van der Waals surface area contributed by atoms with Gasteiger partial charge in [0.2, 0.25) is 0 Å². The molecule has 1 N–H and O–H groups in total. The molecular weight excluding hydrogens is 210 g/mol. The normalized spacial score (nSPS) is 19.2. The summed E-state index contributed by atoms with van der Waals surface area (Å²) in [4.78, 5) is 0. The minimum absolute atomic E-state index is 0.405. The average molecular weight is 235 g/mol. The van der Waals surface area contributed by atoms with Gasteiger partial charge in [-0.15, -0.1) is 0 Å². The molecule has 2 heteroatoms. The molecule has 1 fully saturated rings. The second-order valence-corrected chi connectivity index (χ2v) is 5.29. The highest BCUT2D eigenvalue weighted by Gasteiger charge is 2.35. The topological polar surface area (TPSA) is 25.2 Å². The van der Waals surface area contributed by atoms with Crippen molar-refractivity contribution in [3.05, 3.63) is 23.7 Å². The van der Waals surface area contributed by atoms with Crippen LogP contribution in [0.1, 0.15) is 57.6 Å². The lowest BCUT2D eigenvalue weighted by Crippen LogP contribution is -2.28. The molecule has 2 nitrogen and oxygen atoms in total. The summed E-state index contributed by atoms with van der Waals surface area (Å²) in [6.45, 7) is 7.79. The molecular formula is C15H25NO. The molecule has 0 bridgehead atoms. The molecule has 1 aliphatic carbocycles. The van der Waals surface area contributed by atoms with E-state index in [-0.39, 0.29) is 0 Å². The highest BCUT2D eigenvalue weighted by atomic mass is 16.3. The van der Waals surface area contributed by atoms with Crippen LogP contribution in [0.15, 0.2) is 16.5 Å². The first-order chi connectivity index (χ1) is 8.26. The third kappa shape index (κ3) is 3.12. The average Bonchev–Trinajstić information content (AvgIpc) is 3.09. The zero-order valence-corrected chi connectivity index (χ0v) is 11.3. The smallest absolute Gasteiger partial charge is 0.121 e. The lowest BCUT2D eigenvalue weighted by molar-refractivity contribution is 0.295. The van der Waals surface area contributed by atoms with Gasteiger partial charge in [-0.3, -0.25) is 0 Å². The molecule has 0 aromatic carbocycles. The zero-order chi connectivity index (χ0) is 12.3. The van der Waals surface area contributed by atoms with E-state index >= 15 is 0 Å². The highest BCUT2D eigenvalue weighted by molar-refractivity contribution is 5.12. The Bertz CT molecular complexity index is 340. The SMILES string of the molecule is CCCNC(c1ccc(CC)o1)C(C)C1CC1. The van der Waals surface area contributed by atoms with E-state index in [1.54, 1.807) is 0 Å². The monoisotopic (exact) mass is 235 g/mol. The molecule has 0 spiro atoms. The van der Waals surface area contributed by atoms with Gasteiger partial charge in [0.25, 0.3) is 0 Å². The van der Waals surface area contributed by atoms with Crippen molar-refractivity contribution in [2.75, 3.05) is 6.54 Å². The fourth-order valence-electron chi connectivity index (χ4n) is 2.49. The van der Waals surface area contributed by atoms with Crippen LogP contribution in [-0.4, -0.2) is 6.54 Å². The maximum absolute atomic E-state index is 5.93. The molecule has 1 heterocycles. The molecule has 1 saturated carbocycles. The van der Waals surface area contributed by atoms with E-state index in [1.807, 2.05) is 0 Å². The summed E-state index contributed by atoms with van der Waals surface area (Å²) in [5.41, 5.74) is 0. The van der Waals surface area contributed by atoms with Crippen LogP contribution in [0.4, 0.5) is 0 Å². The number of furan rings is 1. The molecule has 2 atom stereocenters. The van der Waals surface area contributed by atoms with E-state index < -0.39 is 0 Å². The number of aryl methyl sites for hydroxylation is 1. The van der Waals surface area contributed by atoms with Crippen LogP contribution >= 0.6 is 0 Å². The molecule has 1 aromatic rings. The Morgan fingerprint density at radius 1 is 1.35 bits per heavy atom. The van der Waals surface area contributed by atoms with Gasteiger partial charge in [0.1, 0.15) is 11.5 Å². The van der Waals surface area contributed by atoms with Crippen molar-refractivity contribution in [3.63, 3.8) is 0 Å². The molecule has 0 amide bonds. The van der Waals surface area contributed by atoms with Gasteiger partial charge >= 0.3 is 0 Å². The zero-order valence-electron chi connectivity index (χ0n) is 11.3. The van der Waals surface area contributed by atoms with Gasteiger partial charge in [0.15, 0.2) is 0 Å². The van der Waals surface area contributed by atoms with Crippen molar-refractivity contribution in [2.24, 2.45) is 11.8 Å². The van der Waals surface area contributed by atoms with E-state index in [9.17, 15) is 0 Å². The second kappa shape index (κ2) is 5.72. The Morgan fingerprint density at radius 3 is 2.65 bits per heavy atom. The van der Waals surface area contributed by atoms with Gasteiger partial charge in [-0.2, -0.15) is 0 Å². The van der Waals surface area contributed by atoms with Crippen LogP contribution < -0.4 is 5.32 Å². The van der Waals surface area contributed by atoms with Crippen LogP contribution in [0, 0.1) is 11.8 Å². The van der Waals surface area contributed by atoms with Gasteiger partial charge < -0.3 is 9.73 Å². The third-order valence-corrected chi connectivity index (χ3v) is 3.84. The lowest BCUT2D eigenvalue weighted by atomic mass is 9.94. The summed E-state index contributed by atoms with van der Waals surface area (Å²) in [5, 5.41) is 3.65. The maximum Gasteiger partial charge on any atom is 0.121 e. The predicted molar refractivity (Wildman–Crippen MR) is 71.0 cm³/mol. The first-order valence-electron chi connectivity index (χ1n) is 7.08. The minimum Gasteiger partial charge on any atom is -0.464 e. The fraction of sp³-hybridized carbons (Fsp3) is 0.733. The number of nitrogens with one attached hydrogen (secondary N) is 1. The van der Waals surface area contributed by atoms with Crippen LogP contribution in [0.25, 0.3) is 0 Å². The van der Waals surface area contributed by atoms with E-state index in [0.29, 0.717) is 12.0 Å². The van der Waals surface area contributed by atoms with Gasteiger partial charge in [0, 0.05) is 6.42 Å². The van der Waals surface area contributed by atoms with Crippen molar-refractivity contribution in [2.45, 2.75) is 52.5 Å². The van der Waals surface area contributed by atoms with Crippen LogP contribution in [-0.2, 0) is 6.42 Å². The minimum atomic E-state index is 0.405. The molecule has 0 radical (unpaired) electrons. The van der Waals surface area contributed by atoms with Gasteiger partial charge in [-0.05, 0) is 49.8 Å². The van der Waals surface area contributed by atoms with Crippen LogP contribution in [0.5, 0.6) is 0 Å². The molecule has 1 aliphatic rings. The first-order valence-corrected chi connectivity index (χ1v) is 7.08. The molecule has 17 heavy (non-hydrogen) atoms. The van der Waals surface area contributed by atoms with E-state index in [1.165, 1.54) is 19.3 Å². The molecule has 96 valence electrons. The van der Waals surface area contributed by atoms with Gasteiger partial charge in [-0.25, -0.2) is 0 Å². The van der Waals surface area contributed by atoms with Crippen molar-refractivity contribution >= 4 is 0 Å². The predicted octanol–water partition coefficient (Wildman–Crippen LogP) is 3.93. The van der Waals surface area contributed by atoms with E-state index in [4.69, 9.17) is 4.42 Å². The summed E-state index contributed by atoms with van der Waals surface area (Å²) in [6.07, 6.45) is 4.95. The molecule has 0 saturated heterocycles. The Hall–Kier alpha value is -0.760. The molecule has 2 unspecified atom stereocenters. The van der Waals surface area contributed by atoms with Crippen LogP contribution in [0.3, 0.4) is 0 Å². The van der Waals surface area contributed by atoms with Crippen LogP contribution in [0.2, 0.25) is 0 Å². The van der Waals surface area contributed by atoms with Crippen molar-refractivity contribution in [3.8, 4) is 0 Å². The summed E-state index contributed by atoms with van der Waals surface area (Å²) in [7, 11) is 0. The Morgan fingerprint density at radius 2 is 2.12 bits per heavy atom. The Labute approximate surface area is 105 Å². The molecule has 2 rings (SSSR count). The van der Waals surface area contributed by atoms with Crippen molar-refractivity contribution < 1.29 is 4.42 Å². The first kappa shape index (κ1) is 12.7. The standard InChI is InChI=1S/C15H25NO/c1-4-10-16-15(11(3)12-6-7-12)14-9-8-13(5-2)17-14/h8-9,11-12,15-16H,4-7,10H2,1-3H3. The number of hydrogen-bond donors (Lipinski definition) is 1. The second-order valence-electron chi connectivity index (χ2n) is 5.29. The Kier molecular flexibility index (Phi) is 4.27. The number of rotatable bonds is 7. The third-order valence-electron chi connectivity index (χ3n) is 3.84. The molecule has 0 aliphatic heterocycles. The lowest BCUT2D eigenvalue weighted by Gasteiger charge is -2.23. The summed E-state index contributed by atoms with van der Waals surface area (Å²) < 4.78 is 5.93. The summed E-state index contributed by atoms with van der Waals surface area (Å²) in [6, 6.07) is 4.68. The van der Waals surface area contributed by atoms with Gasteiger partial charge in [0.05, 0.1) is 6.04 Å². The quantitative estimate of drug-likeness (QED) is 0.774. The van der Waals surface area contributed by atoms with Gasteiger partial charge in [-0.1, -0.05) is 20.8 Å². The van der Waals surface area contributed by atoms with Crippen molar-refractivity contribution in [1.82, 2.24) is 5.32 Å². The molecule has 1 aromatic heterocycles. The van der Waals surface area contributed by atoms with Crippen molar-refractivity contribution in [1.29, 1.82) is 0 Å². The van der Waals surface area contributed by atoms with E-state index in [2.05, 4.69) is 38.2 Å². The number of hydrogen-bond acceptors (Lipinski definition) is 2. The van der Waals surface area contributed by atoms with E-state index in [0.717, 1.165) is 30.4 Å². The largest absolute Gasteiger partial charge is 0.464 e. The summed E-state index contributed by atoms with van der Waals surface area (Å²) in [5.74, 6) is 3.83. The highest BCUT2D eigenvalue weighted by Crippen LogP contribution is 2.42. The fourth-order valence-corrected chi connectivity index (χ4v) is 2.49.